The van der Waals surface area contributed by atoms with Crippen molar-refractivity contribution in [1.82, 2.24) is 14.5 Å². The van der Waals surface area contributed by atoms with Crippen molar-refractivity contribution in [2.24, 2.45) is 17.3 Å². The summed E-state index contributed by atoms with van der Waals surface area (Å²) in [5.41, 5.74) is -0.987. The van der Waals surface area contributed by atoms with Gasteiger partial charge in [0.05, 0.1) is 35.8 Å². The summed E-state index contributed by atoms with van der Waals surface area (Å²) in [4.78, 5) is 8.76. The number of halogens is 1. The number of aromatic nitrogens is 3. The van der Waals surface area contributed by atoms with Crippen LogP contribution in [0.15, 0.2) is 12.3 Å². The number of nitrogens with zero attached hydrogens (tertiary/aromatic N) is 3. The molecular formula is C20H27ClN4O4. The molecule has 0 saturated heterocycles. The van der Waals surface area contributed by atoms with Gasteiger partial charge in [0.1, 0.15) is 17.6 Å². The lowest BCUT2D eigenvalue weighted by atomic mass is 9.94. The van der Waals surface area contributed by atoms with Gasteiger partial charge in [-0.05, 0) is 62.6 Å². The second-order valence-electron chi connectivity index (χ2n) is 9.54. The van der Waals surface area contributed by atoms with Crippen LogP contribution in [0, 0.1) is 17.3 Å². The maximum absolute atomic E-state index is 10.7. The van der Waals surface area contributed by atoms with Crippen molar-refractivity contribution in [3.8, 4) is 0 Å². The molecule has 2 aromatic rings. The minimum Gasteiger partial charge on any atom is -0.396 e. The van der Waals surface area contributed by atoms with Crippen LogP contribution in [0.25, 0.3) is 11.0 Å². The lowest BCUT2D eigenvalue weighted by Crippen LogP contribution is -2.43. The molecule has 0 spiro atoms. The quantitative estimate of drug-likeness (QED) is 0.445. The van der Waals surface area contributed by atoms with E-state index in [1.54, 1.807) is 13.8 Å². The van der Waals surface area contributed by atoms with E-state index in [-0.39, 0.29) is 29.9 Å². The first kappa shape index (κ1) is 19.5. The smallest absolute Gasteiger partial charge is 0.226 e. The van der Waals surface area contributed by atoms with Gasteiger partial charge in [-0.3, -0.25) is 0 Å². The molecule has 0 radical (unpaired) electrons. The van der Waals surface area contributed by atoms with Gasteiger partial charge in [-0.25, -0.2) is 4.98 Å². The molecule has 0 aromatic carbocycles. The van der Waals surface area contributed by atoms with Gasteiger partial charge in [0.2, 0.25) is 5.28 Å². The Bertz CT molecular complexity index is 956. The van der Waals surface area contributed by atoms with E-state index in [2.05, 4.69) is 15.3 Å². The van der Waals surface area contributed by atoms with Crippen LogP contribution in [-0.4, -0.2) is 65.4 Å². The molecule has 29 heavy (non-hydrogen) atoms. The summed E-state index contributed by atoms with van der Waals surface area (Å²) in [6.45, 7) is 3.42. The number of aliphatic hydroxyl groups is 4. The molecule has 3 aliphatic carbocycles. The molecule has 6 atom stereocenters. The van der Waals surface area contributed by atoms with Gasteiger partial charge in [0, 0.05) is 11.6 Å². The second kappa shape index (κ2) is 6.28. The van der Waals surface area contributed by atoms with Crippen molar-refractivity contribution in [2.75, 3.05) is 11.9 Å². The molecule has 0 bridgehead atoms. The van der Waals surface area contributed by atoms with Crippen molar-refractivity contribution >= 4 is 28.5 Å². The van der Waals surface area contributed by atoms with Crippen molar-refractivity contribution in [1.29, 1.82) is 0 Å². The van der Waals surface area contributed by atoms with Gasteiger partial charge >= 0.3 is 0 Å². The molecule has 0 aliphatic heterocycles. The number of anilines is 1. The highest BCUT2D eigenvalue weighted by atomic mass is 35.5. The van der Waals surface area contributed by atoms with Gasteiger partial charge < -0.3 is 30.3 Å². The van der Waals surface area contributed by atoms with E-state index in [1.165, 1.54) is 0 Å². The fourth-order valence-electron chi connectivity index (χ4n) is 5.36. The molecule has 5 N–H and O–H groups in total. The minimum absolute atomic E-state index is 0.0196. The van der Waals surface area contributed by atoms with Crippen LogP contribution in [0.4, 0.5) is 5.82 Å². The molecule has 3 fully saturated rings. The highest BCUT2D eigenvalue weighted by Gasteiger charge is 2.71. The van der Waals surface area contributed by atoms with Crippen LogP contribution < -0.4 is 5.32 Å². The monoisotopic (exact) mass is 422 g/mol. The largest absolute Gasteiger partial charge is 0.396 e. The summed E-state index contributed by atoms with van der Waals surface area (Å²) in [7, 11) is 0. The standard InChI is InChI=1S/C20H27ClN4O4/c1-19(2,29)14(9-3-4-9)22-16-10-5-6-25(17(10)24-18(21)23-16)12-11-7-20(11,8-26)15(28)13(12)27/h5-6,9,11-15,26-29H,3-4,7-8H2,1-2H3,(H,22,23,24)/t11-,12-,13+,14+,15+,20+/m1/s1. The van der Waals surface area contributed by atoms with Crippen LogP contribution in [0.1, 0.15) is 39.2 Å². The summed E-state index contributed by atoms with van der Waals surface area (Å²) in [6, 6.07) is 1.31. The average Bonchev–Trinajstić information content (AvgIpc) is 3.55. The highest BCUT2D eigenvalue weighted by molar-refractivity contribution is 6.28. The normalized spacial score (nSPS) is 35.0. The van der Waals surface area contributed by atoms with Gasteiger partial charge in [0.25, 0.3) is 0 Å². The molecule has 5 rings (SSSR count). The average molecular weight is 423 g/mol. The first-order valence-corrected chi connectivity index (χ1v) is 10.5. The van der Waals surface area contributed by atoms with E-state index in [0.29, 0.717) is 23.8 Å². The van der Waals surface area contributed by atoms with Gasteiger partial charge in [0.15, 0.2) is 0 Å². The van der Waals surface area contributed by atoms with Crippen molar-refractivity contribution in [3.05, 3.63) is 17.5 Å². The number of fused-ring (bicyclic) bond motifs is 2. The molecule has 2 heterocycles. The third-order valence-electron chi connectivity index (χ3n) is 7.16. The van der Waals surface area contributed by atoms with Crippen LogP contribution in [0.5, 0.6) is 0 Å². The third kappa shape index (κ3) is 2.88. The summed E-state index contributed by atoms with van der Waals surface area (Å²) < 4.78 is 1.84. The van der Waals surface area contributed by atoms with E-state index in [0.717, 1.165) is 18.2 Å². The summed E-state index contributed by atoms with van der Waals surface area (Å²) in [5, 5.41) is 45.7. The number of aliphatic hydroxyl groups excluding tert-OH is 3. The van der Waals surface area contributed by atoms with E-state index in [9.17, 15) is 20.4 Å². The lowest BCUT2D eigenvalue weighted by molar-refractivity contribution is -0.0300. The Labute approximate surface area is 173 Å². The van der Waals surface area contributed by atoms with E-state index >= 15 is 0 Å². The van der Waals surface area contributed by atoms with Gasteiger partial charge in [-0.15, -0.1) is 0 Å². The number of nitrogens with one attached hydrogen (secondary N) is 1. The predicted molar refractivity (Wildman–Crippen MR) is 108 cm³/mol. The fraction of sp³-hybridized carbons (Fsp3) is 0.700. The molecule has 0 unspecified atom stereocenters. The number of hydrogen-bond donors (Lipinski definition) is 5. The van der Waals surface area contributed by atoms with E-state index < -0.39 is 23.2 Å². The van der Waals surface area contributed by atoms with Crippen LogP contribution in [0.3, 0.4) is 0 Å². The zero-order valence-electron chi connectivity index (χ0n) is 16.5. The topological polar surface area (TPSA) is 124 Å². The number of hydrogen-bond acceptors (Lipinski definition) is 7. The van der Waals surface area contributed by atoms with Crippen LogP contribution in [0.2, 0.25) is 5.28 Å². The first-order valence-electron chi connectivity index (χ1n) is 10.2. The second-order valence-corrected chi connectivity index (χ2v) is 9.88. The molecule has 3 saturated carbocycles. The summed E-state index contributed by atoms with van der Waals surface area (Å²) >= 11 is 6.23. The summed E-state index contributed by atoms with van der Waals surface area (Å²) in [6.07, 6.45) is 2.65. The SMILES string of the molecule is CC(C)(O)[C@@H](Nc1nc(Cl)nc2c1ccn2[C@H]1[C@H](O)[C@H](O)[C@]2(CO)C[C@H]12)C1CC1. The maximum Gasteiger partial charge on any atom is 0.226 e. The molecular weight excluding hydrogens is 396 g/mol. The Morgan fingerprint density at radius 1 is 1.34 bits per heavy atom. The Morgan fingerprint density at radius 3 is 2.66 bits per heavy atom. The zero-order chi connectivity index (χ0) is 20.7. The van der Waals surface area contributed by atoms with Crippen LogP contribution in [-0.2, 0) is 0 Å². The highest BCUT2D eigenvalue weighted by Crippen LogP contribution is 2.67. The molecule has 3 aliphatic rings. The maximum atomic E-state index is 10.7. The van der Waals surface area contributed by atoms with Crippen molar-refractivity contribution in [2.45, 2.75) is 63.0 Å². The zero-order valence-corrected chi connectivity index (χ0v) is 17.2. The molecule has 8 nitrogen and oxygen atoms in total. The van der Waals surface area contributed by atoms with E-state index in [4.69, 9.17) is 11.6 Å². The molecule has 2 aromatic heterocycles. The predicted octanol–water partition coefficient (Wildman–Crippen LogP) is 1.32. The van der Waals surface area contributed by atoms with Gasteiger partial charge in [-0.2, -0.15) is 4.98 Å². The summed E-state index contributed by atoms with van der Waals surface area (Å²) in [5.74, 6) is 0.910. The third-order valence-corrected chi connectivity index (χ3v) is 7.33. The van der Waals surface area contributed by atoms with Gasteiger partial charge in [-0.1, -0.05) is 0 Å². The Morgan fingerprint density at radius 2 is 2.07 bits per heavy atom. The Hall–Kier alpha value is -1.45. The Kier molecular flexibility index (Phi) is 4.22. The molecule has 9 heteroatoms. The Balaban J connectivity index is 1.54. The van der Waals surface area contributed by atoms with Crippen LogP contribution >= 0.6 is 11.6 Å². The van der Waals surface area contributed by atoms with Crippen molar-refractivity contribution < 1.29 is 20.4 Å². The molecule has 158 valence electrons. The molecule has 0 amide bonds. The number of rotatable bonds is 6. The first-order chi connectivity index (χ1) is 13.7. The van der Waals surface area contributed by atoms with Crippen molar-refractivity contribution in [3.63, 3.8) is 0 Å². The van der Waals surface area contributed by atoms with E-state index in [1.807, 2.05) is 16.8 Å². The minimum atomic E-state index is -0.989. The lowest BCUT2D eigenvalue weighted by Gasteiger charge is -2.31. The fourth-order valence-corrected chi connectivity index (χ4v) is 5.52.